The van der Waals surface area contributed by atoms with E-state index in [1.54, 1.807) is 17.7 Å². The van der Waals surface area contributed by atoms with Gasteiger partial charge in [-0.15, -0.1) is 0 Å². The summed E-state index contributed by atoms with van der Waals surface area (Å²) in [6, 6.07) is 8.71. The molecule has 0 bridgehead atoms. The summed E-state index contributed by atoms with van der Waals surface area (Å²) in [5.41, 5.74) is 9.14. The maximum atomic E-state index is 14.3. The molecule has 2 N–H and O–H groups in total. The van der Waals surface area contributed by atoms with E-state index in [9.17, 15) is 26.7 Å². The Morgan fingerprint density at radius 3 is 2.35 bits per heavy atom. The van der Waals surface area contributed by atoms with Gasteiger partial charge in [-0.25, -0.2) is 13.8 Å². The number of hydrogen-bond donors (Lipinski definition) is 1. The molecule has 11 heteroatoms. The van der Waals surface area contributed by atoms with Crippen LogP contribution in [0.5, 0.6) is 0 Å². The summed E-state index contributed by atoms with van der Waals surface area (Å²) < 4.78 is 71.7. The molecule has 0 spiro atoms. The van der Waals surface area contributed by atoms with Crippen molar-refractivity contribution in [3.8, 4) is 11.1 Å². The van der Waals surface area contributed by atoms with E-state index < -0.39 is 29.1 Å². The number of hydrogen-bond acceptors (Lipinski definition) is 4. The van der Waals surface area contributed by atoms with Gasteiger partial charge in [-0.05, 0) is 56.2 Å². The normalized spacial score (nSPS) is 13.1. The molecule has 0 saturated carbocycles. The molecule has 0 aliphatic carbocycles. The minimum atomic E-state index is -4.48. The van der Waals surface area contributed by atoms with Gasteiger partial charge in [-0.3, -0.25) is 4.79 Å². The van der Waals surface area contributed by atoms with Gasteiger partial charge in [-0.1, -0.05) is 6.07 Å². The van der Waals surface area contributed by atoms with Gasteiger partial charge < -0.3 is 19.6 Å². The minimum absolute atomic E-state index is 0.0609. The number of carbonyl (C=O) groups excluding carboxylic acids is 1. The van der Waals surface area contributed by atoms with Gasteiger partial charge in [0.25, 0.3) is 0 Å². The second-order valence-corrected chi connectivity index (χ2v) is 9.87. The van der Waals surface area contributed by atoms with Crippen molar-refractivity contribution in [2.24, 2.45) is 7.05 Å². The number of aryl methyl sites for hydroxylation is 3. The number of imidazole rings is 1. The maximum Gasteiger partial charge on any atom is 0.417 e. The van der Waals surface area contributed by atoms with Crippen molar-refractivity contribution in [2.75, 3.05) is 24.2 Å². The van der Waals surface area contributed by atoms with E-state index in [1.165, 1.54) is 6.07 Å². The Balaban J connectivity index is 0.000000248. The number of fused-ring (bicyclic) bond motifs is 4. The average Bonchev–Trinajstić information content (AvgIpc) is 3.38. The summed E-state index contributed by atoms with van der Waals surface area (Å²) in [5, 5.41) is 0. The van der Waals surface area contributed by atoms with Crippen LogP contribution in [0.25, 0.3) is 27.7 Å². The van der Waals surface area contributed by atoms with Gasteiger partial charge in [-0.2, -0.15) is 13.2 Å². The van der Waals surface area contributed by atoms with Gasteiger partial charge in [0.1, 0.15) is 34.9 Å². The van der Waals surface area contributed by atoms with Crippen molar-refractivity contribution in [3.63, 3.8) is 0 Å². The van der Waals surface area contributed by atoms with Crippen molar-refractivity contribution >= 4 is 34.2 Å². The SMILES string of the molecule is Cc1nc2c3c(c(C(F)(F)F)cc2n1C)-c1cccn2c(C)cc(c12)CCN3C.Nc1c(F)cc(C=O)cc1F. The summed E-state index contributed by atoms with van der Waals surface area (Å²) in [6.45, 7) is 4.42. The molecule has 4 heterocycles. The molecule has 0 radical (unpaired) electrons. The Bertz CT molecular complexity index is 1780. The van der Waals surface area contributed by atoms with Crippen molar-refractivity contribution in [1.82, 2.24) is 14.0 Å². The zero-order valence-corrected chi connectivity index (χ0v) is 22.2. The third kappa shape index (κ3) is 4.35. The number of alkyl halides is 3. The van der Waals surface area contributed by atoms with Crippen LogP contribution in [0.3, 0.4) is 0 Å². The van der Waals surface area contributed by atoms with E-state index in [0.717, 1.165) is 35.3 Å². The Hall–Kier alpha value is -4.41. The minimum Gasteiger partial charge on any atom is -0.394 e. The molecule has 0 amide bonds. The molecule has 5 aromatic rings. The highest BCUT2D eigenvalue weighted by molar-refractivity contribution is 6.04. The number of anilines is 2. The summed E-state index contributed by atoms with van der Waals surface area (Å²) in [6.07, 6.45) is -1.45. The first kappa shape index (κ1) is 27.2. The third-order valence-corrected chi connectivity index (χ3v) is 7.35. The molecule has 1 aliphatic rings. The zero-order valence-electron chi connectivity index (χ0n) is 22.2. The van der Waals surface area contributed by atoms with Gasteiger partial charge in [0.05, 0.1) is 22.3 Å². The number of benzene rings is 2. The predicted octanol–water partition coefficient (Wildman–Crippen LogP) is 6.48. The van der Waals surface area contributed by atoms with Crippen LogP contribution < -0.4 is 10.6 Å². The first-order valence-corrected chi connectivity index (χ1v) is 12.4. The molecule has 0 atom stereocenters. The highest BCUT2D eigenvalue weighted by Crippen LogP contribution is 2.48. The lowest BCUT2D eigenvalue weighted by molar-refractivity contribution is -0.137. The van der Waals surface area contributed by atoms with Crippen LogP contribution in [0.4, 0.5) is 33.3 Å². The predicted molar refractivity (Wildman–Crippen MR) is 145 cm³/mol. The van der Waals surface area contributed by atoms with Crippen LogP contribution in [-0.4, -0.2) is 33.8 Å². The molecule has 40 heavy (non-hydrogen) atoms. The summed E-state index contributed by atoms with van der Waals surface area (Å²) in [5.74, 6) is -1.13. The fourth-order valence-corrected chi connectivity index (χ4v) is 5.27. The Morgan fingerprint density at radius 1 is 1.05 bits per heavy atom. The third-order valence-electron chi connectivity index (χ3n) is 7.35. The number of rotatable bonds is 1. The van der Waals surface area contributed by atoms with Gasteiger partial charge in [0.15, 0.2) is 0 Å². The summed E-state index contributed by atoms with van der Waals surface area (Å²) >= 11 is 0. The van der Waals surface area contributed by atoms with Gasteiger partial charge in [0.2, 0.25) is 0 Å². The monoisotopic (exact) mass is 555 g/mol. The summed E-state index contributed by atoms with van der Waals surface area (Å²) in [4.78, 5) is 16.6. The van der Waals surface area contributed by atoms with Crippen LogP contribution in [0.2, 0.25) is 0 Å². The Morgan fingerprint density at radius 2 is 1.73 bits per heavy atom. The van der Waals surface area contributed by atoms with E-state index in [-0.39, 0.29) is 11.1 Å². The lowest BCUT2D eigenvalue weighted by Crippen LogP contribution is -2.24. The molecule has 3 aromatic heterocycles. The Kier molecular flexibility index (Phi) is 6.56. The molecule has 1 aliphatic heterocycles. The van der Waals surface area contributed by atoms with Crippen molar-refractivity contribution < 1.29 is 26.7 Å². The quantitative estimate of drug-likeness (QED) is 0.146. The largest absolute Gasteiger partial charge is 0.417 e. The second-order valence-electron chi connectivity index (χ2n) is 9.87. The molecule has 6 rings (SSSR count). The van der Waals surface area contributed by atoms with Crippen LogP contribution in [0.1, 0.15) is 33.0 Å². The summed E-state index contributed by atoms with van der Waals surface area (Å²) in [7, 11) is 3.62. The van der Waals surface area contributed by atoms with E-state index in [2.05, 4.69) is 11.1 Å². The molecule has 0 unspecified atom stereocenters. The van der Waals surface area contributed by atoms with Gasteiger partial charge in [0, 0.05) is 49.2 Å². The highest BCUT2D eigenvalue weighted by atomic mass is 19.4. The van der Waals surface area contributed by atoms with E-state index in [1.807, 2.05) is 42.5 Å². The first-order valence-electron chi connectivity index (χ1n) is 12.4. The van der Waals surface area contributed by atoms with Crippen molar-refractivity contribution in [2.45, 2.75) is 26.4 Å². The highest BCUT2D eigenvalue weighted by Gasteiger charge is 2.38. The lowest BCUT2D eigenvalue weighted by Gasteiger charge is -2.28. The zero-order chi connectivity index (χ0) is 29.1. The number of carbonyl (C=O) groups is 1. The van der Waals surface area contributed by atoms with Crippen LogP contribution in [-0.2, 0) is 19.6 Å². The van der Waals surface area contributed by atoms with Crippen molar-refractivity contribution in [3.05, 3.63) is 82.4 Å². The number of likely N-dealkylation sites (N-methyl/N-ethyl adjacent to an activating group) is 1. The Labute approximate surface area is 226 Å². The molecule has 0 saturated heterocycles. The number of halogens is 5. The van der Waals surface area contributed by atoms with Crippen molar-refractivity contribution in [1.29, 1.82) is 0 Å². The van der Waals surface area contributed by atoms with Crippen LogP contribution in [0.15, 0.2) is 42.6 Å². The average molecular weight is 556 g/mol. The molecule has 6 nitrogen and oxygen atoms in total. The number of nitrogen functional groups attached to an aromatic ring is 1. The van der Waals surface area contributed by atoms with Gasteiger partial charge >= 0.3 is 6.18 Å². The van der Waals surface area contributed by atoms with E-state index in [0.29, 0.717) is 40.9 Å². The van der Waals surface area contributed by atoms with Crippen LogP contribution >= 0.6 is 0 Å². The molecule has 0 fully saturated rings. The number of aldehydes is 1. The first-order chi connectivity index (χ1) is 18.8. The lowest BCUT2D eigenvalue weighted by atomic mass is 9.92. The van der Waals surface area contributed by atoms with E-state index in [4.69, 9.17) is 5.73 Å². The number of pyridine rings is 1. The van der Waals surface area contributed by atoms with Crippen LogP contribution in [0, 0.1) is 25.5 Å². The molecule has 2 aromatic carbocycles. The molecular formula is C29H26F5N5O. The van der Waals surface area contributed by atoms with E-state index >= 15 is 0 Å². The fraction of sp³-hybridized carbons (Fsp3) is 0.241. The standard InChI is InChI=1S/C22H21F3N4.C7H5F2NO/c1-12-10-14-7-9-27(3)21-18(15-6-5-8-29(12)20(14)15)16(22(23,24)25)11-17-19(21)26-13(2)28(17)4;8-5-1-4(3-11)2-6(9)7(5)10/h5-6,8,10-11H,7,9H2,1-4H3;1-3H,10H2. The smallest absolute Gasteiger partial charge is 0.394 e. The fourth-order valence-electron chi connectivity index (χ4n) is 5.27. The second kappa shape index (κ2) is 9.65. The molecular weight excluding hydrogens is 529 g/mol. The topological polar surface area (TPSA) is 68.6 Å². The molecule has 208 valence electrons. The number of aromatic nitrogens is 3. The number of nitrogens with two attached hydrogens (primary N) is 1. The number of nitrogens with zero attached hydrogens (tertiary/aromatic N) is 4. The maximum absolute atomic E-state index is 14.3.